The molecule has 0 unspecified atom stereocenters. The Balaban J connectivity index is 1.52. The lowest BCUT2D eigenvalue weighted by Crippen LogP contribution is -2.28. The topological polar surface area (TPSA) is 155 Å². The van der Waals surface area contributed by atoms with Gasteiger partial charge in [-0.05, 0) is 38.8 Å². The number of hydrogen-bond acceptors (Lipinski definition) is 11. The molecule has 1 N–H and O–H groups in total. The fourth-order valence-corrected chi connectivity index (χ4v) is 5.00. The van der Waals surface area contributed by atoms with Crippen molar-refractivity contribution in [2.24, 2.45) is 0 Å². The number of methoxy groups -OCH3 is 1. The molecular formula is C25H28N8O4S. The number of sulfone groups is 1. The molecule has 0 amide bonds. The third-order valence-corrected chi connectivity index (χ3v) is 8.07. The Morgan fingerprint density at radius 3 is 2.53 bits per heavy atom. The van der Waals surface area contributed by atoms with Crippen molar-refractivity contribution in [2.75, 3.05) is 18.2 Å². The highest BCUT2D eigenvalue weighted by atomic mass is 32.2. The number of fused-ring (bicyclic) bond motifs is 1. The maximum absolute atomic E-state index is 13.4. The van der Waals surface area contributed by atoms with Crippen molar-refractivity contribution in [2.45, 2.75) is 57.0 Å². The van der Waals surface area contributed by atoms with Crippen LogP contribution in [0.5, 0.6) is 5.88 Å². The van der Waals surface area contributed by atoms with Crippen LogP contribution in [0.15, 0.2) is 40.5 Å². The summed E-state index contributed by atoms with van der Waals surface area (Å²) < 4.78 is 31.1. The molecule has 0 radical (unpaired) electrons. The molecule has 4 aromatic rings. The predicted molar refractivity (Wildman–Crippen MR) is 141 cm³/mol. The van der Waals surface area contributed by atoms with Crippen molar-refractivity contribution in [1.82, 2.24) is 34.5 Å². The van der Waals surface area contributed by atoms with Gasteiger partial charge in [0.2, 0.25) is 5.88 Å². The van der Waals surface area contributed by atoms with Crippen LogP contribution in [0.4, 0.5) is 5.82 Å². The van der Waals surface area contributed by atoms with Crippen molar-refractivity contribution in [3.05, 3.63) is 52.6 Å². The van der Waals surface area contributed by atoms with Gasteiger partial charge in [0, 0.05) is 18.2 Å². The molecule has 1 fully saturated rings. The van der Waals surface area contributed by atoms with Crippen molar-refractivity contribution in [3.63, 3.8) is 0 Å². The van der Waals surface area contributed by atoms with E-state index in [0.717, 1.165) is 18.5 Å². The summed E-state index contributed by atoms with van der Waals surface area (Å²) in [6.45, 7) is 5.52. The number of ether oxygens (including phenoxy) is 1. The van der Waals surface area contributed by atoms with Gasteiger partial charge in [-0.1, -0.05) is 6.92 Å². The molecule has 0 saturated heterocycles. The van der Waals surface area contributed by atoms with Crippen LogP contribution >= 0.6 is 0 Å². The third kappa shape index (κ3) is 4.80. The lowest BCUT2D eigenvalue weighted by molar-refractivity contribution is 0.397. The number of aromatic nitrogens is 7. The second-order valence-electron chi connectivity index (χ2n) is 9.29. The van der Waals surface area contributed by atoms with E-state index in [2.05, 4.69) is 30.2 Å². The molecule has 0 bridgehead atoms. The van der Waals surface area contributed by atoms with E-state index < -0.39 is 9.84 Å². The Labute approximate surface area is 219 Å². The van der Waals surface area contributed by atoms with E-state index in [4.69, 9.17) is 9.72 Å². The second-order valence-corrected chi connectivity index (χ2v) is 11.6. The number of hydrogen-bond donors (Lipinski definition) is 1. The maximum Gasteiger partial charge on any atom is 0.295 e. The molecule has 1 saturated carbocycles. The van der Waals surface area contributed by atoms with E-state index in [1.165, 1.54) is 18.6 Å². The fourth-order valence-electron chi connectivity index (χ4n) is 4.18. The first kappa shape index (κ1) is 25.6. The summed E-state index contributed by atoms with van der Waals surface area (Å²) in [5.74, 6) is 0.822. The Hall–Kier alpha value is -4.00. The highest BCUT2D eigenvalue weighted by molar-refractivity contribution is 7.91. The van der Waals surface area contributed by atoms with E-state index in [-0.39, 0.29) is 34.6 Å². The van der Waals surface area contributed by atoms with Gasteiger partial charge in [0.1, 0.15) is 6.33 Å². The van der Waals surface area contributed by atoms with Gasteiger partial charge in [0.25, 0.3) is 5.56 Å². The molecule has 4 aromatic heterocycles. The molecule has 0 spiro atoms. The summed E-state index contributed by atoms with van der Waals surface area (Å²) in [6, 6.07) is 2.89. The van der Waals surface area contributed by atoms with Crippen LogP contribution < -0.4 is 15.6 Å². The number of rotatable bonds is 9. The molecule has 4 heterocycles. The Bertz CT molecular complexity index is 1670. The zero-order valence-electron chi connectivity index (χ0n) is 21.5. The smallest absolute Gasteiger partial charge is 0.295 e. The molecule has 0 aliphatic heterocycles. The molecule has 5 rings (SSSR count). The summed E-state index contributed by atoms with van der Waals surface area (Å²) in [7, 11) is -1.79. The van der Waals surface area contributed by atoms with Crippen molar-refractivity contribution >= 4 is 26.9 Å². The highest BCUT2D eigenvalue weighted by Crippen LogP contribution is 2.45. The largest absolute Gasteiger partial charge is 0.480 e. The van der Waals surface area contributed by atoms with Crippen LogP contribution in [-0.4, -0.2) is 55.8 Å². The zero-order chi connectivity index (χ0) is 27.0. The maximum atomic E-state index is 13.4. The van der Waals surface area contributed by atoms with Gasteiger partial charge in [-0.25, -0.2) is 33.3 Å². The summed E-state index contributed by atoms with van der Waals surface area (Å²) >= 11 is 0. The average molecular weight is 537 g/mol. The Morgan fingerprint density at radius 2 is 1.89 bits per heavy atom. The lowest BCUT2D eigenvalue weighted by Gasteiger charge is -2.16. The SMILES string of the molecule is CCS(=O)(=O)c1ccc(CNc2nc3ncc(-c4c(OC)ncnc4C4CC4)nc3n(C(C)C)c2=O)nc1. The molecule has 12 nitrogen and oxygen atoms in total. The predicted octanol–water partition coefficient (Wildman–Crippen LogP) is 2.91. The highest BCUT2D eigenvalue weighted by Gasteiger charge is 2.31. The number of nitrogens with zero attached hydrogens (tertiary/aromatic N) is 7. The van der Waals surface area contributed by atoms with Gasteiger partial charge < -0.3 is 10.1 Å². The van der Waals surface area contributed by atoms with E-state index >= 15 is 0 Å². The lowest BCUT2D eigenvalue weighted by atomic mass is 10.1. The molecular weight excluding hydrogens is 508 g/mol. The van der Waals surface area contributed by atoms with Crippen LogP contribution in [0.1, 0.15) is 57.0 Å². The van der Waals surface area contributed by atoms with Gasteiger partial charge in [0.05, 0.1) is 53.1 Å². The van der Waals surface area contributed by atoms with Gasteiger partial charge in [-0.2, -0.15) is 0 Å². The molecule has 0 atom stereocenters. The zero-order valence-corrected chi connectivity index (χ0v) is 22.4. The molecule has 0 aromatic carbocycles. The number of anilines is 1. The summed E-state index contributed by atoms with van der Waals surface area (Å²) in [4.78, 5) is 40.3. The minimum Gasteiger partial charge on any atom is -0.480 e. The monoisotopic (exact) mass is 536 g/mol. The van der Waals surface area contributed by atoms with E-state index in [0.29, 0.717) is 40.0 Å². The van der Waals surface area contributed by atoms with Crippen molar-refractivity contribution in [3.8, 4) is 17.1 Å². The summed E-state index contributed by atoms with van der Waals surface area (Å²) in [5, 5.41) is 3.02. The van der Waals surface area contributed by atoms with Crippen LogP contribution in [0.2, 0.25) is 0 Å². The fraction of sp³-hybridized carbons (Fsp3) is 0.400. The van der Waals surface area contributed by atoms with Crippen LogP contribution in [0, 0.1) is 0 Å². The molecule has 1 aliphatic rings. The minimum atomic E-state index is -3.34. The van der Waals surface area contributed by atoms with Crippen LogP contribution in [-0.2, 0) is 16.4 Å². The third-order valence-electron chi connectivity index (χ3n) is 6.35. The van der Waals surface area contributed by atoms with Crippen LogP contribution in [0.3, 0.4) is 0 Å². The van der Waals surface area contributed by atoms with Gasteiger partial charge in [-0.3, -0.25) is 14.3 Å². The van der Waals surface area contributed by atoms with E-state index in [9.17, 15) is 13.2 Å². The quantitative estimate of drug-likeness (QED) is 0.336. The first-order valence-electron chi connectivity index (χ1n) is 12.3. The van der Waals surface area contributed by atoms with Gasteiger partial charge in [0.15, 0.2) is 26.9 Å². The van der Waals surface area contributed by atoms with E-state index in [1.807, 2.05) is 13.8 Å². The van der Waals surface area contributed by atoms with Crippen LogP contribution in [0.25, 0.3) is 22.6 Å². The van der Waals surface area contributed by atoms with Crippen molar-refractivity contribution < 1.29 is 13.2 Å². The van der Waals surface area contributed by atoms with Gasteiger partial charge in [-0.15, -0.1) is 0 Å². The minimum absolute atomic E-state index is 0.00322. The standard InChI is InChI=1S/C25H28N8O4S/c1-5-38(35,36)17-9-8-16(26-11-17)10-27-22-25(34)33(14(2)3)23-21(32-22)28-12-18(31-23)19-20(15-6-7-15)29-13-30-24(19)37-4/h8-9,11-15H,5-7,10H2,1-4H3,(H,27,28,32). The van der Waals surface area contributed by atoms with E-state index in [1.54, 1.807) is 30.9 Å². The number of pyridine rings is 1. The normalized spacial score (nSPS) is 13.7. The Morgan fingerprint density at radius 1 is 1.11 bits per heavy atom. The Kier molecular flexibility index (Phi) is 6.78. The number of nitrogens with one attached hydrogen (secondary N) is 1. The molecule has 38 heavy (non-hydrogen) atoms. The molecule has 1 aliphatic carbocycles. The summed E-state index contributed by atoms with van der Waals surface area (Å²) in [5.41, 5.74) is 2.89. The van der Waals surface area contributed by atoms with Crippen molar-refractivity contribution in [1.29, 1.82) is 0 Å². The summed E-state index contributed by atoms with van der Waals surface area (Å²) in [6.07, 6.45) is 6.47. The first-order chi connectivity index (χ1) is 18.2. The molecule has 198 valence electrons. The first-order valence-corrected chi connectivity index (χ1v) is 14.0. The molecule has 13 heteroatoms. The second kappa shape index (κ2) is 10.0. The van der Waals surface area contributed by atoms with Gasteiger partial charge >= 0.3 is 0 Å². The average Bonchev–Trinajstić information content (AvgIpc) is 3.77.